The van der Waals surface area contributed by atoms with E-state index in [0.29, 0.717) is 16.6 Å². The van der Waals surface area contributed by atoms with Crippen LogP contribution in [0.4, 0.5) is 5.13 Å². The van der Waals surface area contributed by atoms with Gasteiger partial charge in [0.25, 0.3) is 0 Å². The summed E-state index contributed by atoms with van der Waals surface area (Å²) < 4.78 is 0. The summed E-state index contributed by atoms with van der Waals surface area (Å²) in [5, 5.41) is 9.91. The predicted molar refractivity (Wildman–Crippen MR) is 77.3 cm³/mol. The van der Waals surface area contributed by atoms with Crippen molar-refractivity contribution in [3.05, 3.63) is 10.6 Å². The Morgan fingerprint density at radius 1 is 1.53 bits per heavy atom. The van der Waals surface area contributed by atoms with Crippen LogP contribution in [-0.2, 0) is 0 Å². The fraction of sp³-hybridized carbons (Fsp3) is 0.692. The summed E-state index contributed by atoms with van der Waals surface area (Å²) in [5.74, 6) is -0.879. The van der Waals surface area contributed by atoms with Gasteiger partial charge in [0, 0.05) is 26.2 Å². The molecule has 0 bridgehead atoms. The summed E-state index contributed by atoms with van der Waals surface area (Å²) in [6.07, 6.45) is 2.23. The minimum absolute atomic E-state index is 0.354. The molecule has 19 heavy (non-hydrogen) atoms. The number of piperidine rings is 1. The van der Waals surface area contributed by atoms with E-state index in [1.165, 1.54) is 11.3 Å². The molecular formula is C13H21N3O2S. The first-order valence-electron chi connectivity index (χ1n) is 6.68. The maximum Gasteiger partial charge on any atom is 0.347 e. The minimum atomic E-state index is -0.879. The molecule has 2 heterocycles. The summed E-state index contributed by atoms with van der Waals surface area (Å²) in [6.45, 7) is 7.28. The maximum absolute atomic E-state index is 11.1. The number of aromatic carboxylic acids is 1. The number of rotatable bonds is 4. The highest BCUT2D eigenvalue weighted by Crippen LogP contribution is 2.29. The Kier molecular flexibility index (Phi) is 4.42. The number of hydrogen-bond acceptors (Lipinski definition) is 5. The number of carbonyl (C=O) groups is 1. The van der Waals surface area contributed by atoms with E-state index >= 15 is 0 Å². The first kappa shape index (κ1) is 14.3. The summed E-state index contributed by atoms with van der Waals surface area (Å²) in [7, 11) is 2.02. The largest absolute Gasteiger partial charge is 0.477 e. The third kappa shape index (κ3) is 3.06. The van der Waals surface area contributed by atoms with Gasteiger partial charge in [-0.05, 0) is 26.3 Å². The number of hydrogen-bond donors (Lipinski definition) is 1. The highest BCUT2D eigenvalue weighted by Gasteiger charge is 2.25. The molecule has 1 fully saturated rings. The first-order chi connectivity index (χ1) is 9.02. The molecule has 1 N–H and O–H groups in total. The summed E-state index contributed by atoms with van der Waals surface area (Å²) in [5.41, 5.74) is 0.616. The van der Waals surface area contributed by atoms with Crippen LogP contribution in [0.2, 0.25) is 0 Å². The molecule has 0 unspecified atom stereocenters. The maximum atomic E-state index is 11.1. The summed E-state index contributed by atoms with van der Waals surface area (Å²) in [4.78, 5) is 20.4. The molecule has 0 spiro atoms. The number of carboxylic acids is 1. The molecule has 0 atom stereocenters. The SMILES string of the molecule is CCN1CCC(N(C)c2nc(C)c(C(=O)O)s2)CC1. The van der Waals surface area contributed by atoms with E-state index in [9.17, 15) is 4.79 Å². The van der Waals surface area contributed by atoms with Crippen molar-refractivity contribution in [2.75, 3.05) is 31.6 Å². The average molecular weight is 283 g/mol. The lowest BCUT2D eigenvalue weighted by Gasteiger charge is -2.36. The fourth-order valence-corrected chi connectivity index (χ4v) is 3.45. The van der Waals surface area contributed by atoms with Crippen molar-refractivity contribution in [2.24, 2.45) is 0 Å². The van der Waals surface area contributed by atoms with Crippen molar-refractivity contribution in [3.63, 3.8) is 0 Å². The molecule has 0 amide bonds. The van der Waals surface area contributed by atoms with Crippen LogP contribution in [0, 0.1) is 6.92 Å². The lowest BCUT2D eigenvalue weighted by molar-refractivity contribution is 0.0701. The molecule has 5 nitrogen and oxygen atoms in total. The summed E-state index contributed by atoms with van der Waals surface area (Å²) >= 11 is 1.28. The van der Waals surface area contributed by atoms with Crippen molar-refractivity contribution < 1.29 is 9.90 Å². The normalized spacial score (nSPS) is 17.6. The van der Waals surface area contributed by atoms with Gasteiger partial charge in [0.1, 0.15) is 4.88 Å². The van der Waals surface area contributed by atoms with Gasteiger partial charge in [-0.2, -0.15) is 0 Å². The number of nitrogens with zero attached hydrogens (tertiary/aromatic N) is 3. The van der Waals surface area contributed by atoms with Crippen LogP contribution in [0.25, 0.3) is 0 Å². The molecular weight excluding hydrogens is 262 g/mol. The van der Waals surface area contributed by atoms with Gasteiger partial charge >= 0.3 is 5.97 Å². The van der Waals surface area contributed by atoms with E-state index < -0.39 is 5.97 Å². The Morgan fingerprint density at radius 3 is 2.63 bits per heavy atom. The van der Waals surface area contributed by atoms with E-state index in [1.54, 1.807) is 6.92 Å². The quantitative estimate of drug-likeness (QED) is 0.916. The van der Waals surface area contributed by atoms with Crippen LogP contribution in [-0.4, -0.2) is 53.7 Å². The van der Waals surface area contributed by atoms with Crippen LogP contribution in [0.3, 0.4) is 0 Å². The predicted octanol–water partition coefficient (Wildman–Crippen LogP) is 2.07. The van der Waals surface area contributed by atoms with Gasteiger partial charge < -0.3 is 14.9 Å². The Balaban J connectivity index is 2.06. The molecule has 1 aliphatic heterocycles. The molecule has 2 rings (SSSR count). The van der Waals surface area contributed by atoms with Gasteiger partial charge in [0.2, 0.25) is 0 Å². The van der Waals surface area contributed by atoms with Gasteiger partial charge in [-0.25, -0.2) is 9.78 Å². The number of aryl methyl sites for hydroxylation is 1. The van der Waals surface area contributed by atoms with Crippen LogP contribution in [0.15, 0.2) is 0 Å². The van der Waals surface area contributed by atoms with Gasteiger partial charge in [-0.15, -0.1) is 0 Å². The van der Waals surface area contributed by atoms with E-state index in [1.807, 2.05) is 7.05 Å². The number of anilines is 1. The summed E-state index contributed by atoms with van der Waals surface area (Å²) in [6, 6.07) is 0.468. The Hall–Kier alpha value is -1.14. The number of thiazole rings is 1. The third-order valence-electron chi connectivity index (χ3n) is 3.83. The van der Waals surface area contributed by atoms with E-state index in [2.05, 4.69) is 21.7 Å². The van der Waals surface area contributed by atoms with Crippen LogP contribution >= 0.6 is 11.3 Å². The van der Waals surface area contributed by atoms with E-state index in [0.717, 1.165) is 37.6 Å². The lowest BCUT2D eigenvalue weighted by atomic mass is 10.0. The van der Waals surface area contributed by atoms with Crippen molar-refractivity contribution in [2.45, 2.75) is 32.7 Å². The van der Waals surface area contributed by atoms with Crippen molar-refractivity contribution >= 4 is 22.4 Å². The van der Waals surface area contributed by atoms with E-state index in [-0.39, 0.29) is 0 Å². The molecule has 106 valence electrons. The molecule has 0 aromatic carbocycles. The zero-order valence-electron chi connectivity index (χ0n) is 11.7. The van der Waals surface area contributed by atoms with Crippen molar-refractivity contribution in [1.29, 1.82) is 0 Å². The Morgan fingerprint density at radius 2 is 2.16 bits per heavy atom. The standard InChI is InChI=1S/C13H21N3O2S/c1-4-16-7-5-10(6-8-16)15(3)13-14-9(2)11(19-13)12(17)18/h10H,4-8H2,1-3H3,(H,17,18). The average Bonchev–Trinajstić information content (AvgIpc) is 2.80. The Bertz CT molecular complexity index is 453. The second kappa shape index (κ2) is 5.88. The van der Waals surface area contributed by atoms with Crippen molar-refractivity contribution in [1.82, 2.24) is 9.88 Å². The highest BCUT2D eigenvalue weighted by atomic mass is 32.1. The van der Waals surface area contributed by atoms with Crippen LogP contribution in [0.1, 0.15) is 35.1 Å². The van der Waals surface area contributed by atoms with Crippen LogP contribution < -0.4 is 4.90 Å². The second-order valence-corrected chi connectivity index (χ2v) is 5.97. The van der Waals surface area contributed by atoms with Gasteiger partial charge in [-0.3, -0.25) is 0 Å². The molecule has 1 saturated heterocycles. The molecule has 0 saturated carbocycles. The first-order valence-corrected chi connectivity index (χ1v) is 7.50. The zero-order chi connectivity index (χ0) is 14.0. The number of likely N-dealkylation sites (tertiary alicyclic amines) is 1. The Labute approximate surface area is 117 Å². The highest BCUT2D eigenvalue weighted by molar-refractivity contribution is 7.17. The van der Waals surface area contributed by atoms with Crippen molar-refractivity contribution in [3.8, 4) is 0 Å². The van der Waals surface area contributed by atoms with E-state index in [4.69, 9.17) is 5.11 Å². The zero-order valence-corrected chi connectivity index (χ0v) is 12.5. The topological polar surface area (TPSA) is 56.7 Å². The monoisotopic (exact) mass is 283 g/mol. The molecule has 1 aliphatic rings. The molecule has 0 radical (unpaired) electrons. The fourth-order valence-electron chi connectivity index (χ4n) is 2.51. The molecule has 1 aromatic heterocycles. The number of carboxylic acid groups (broad SMARTS) is 1. The molecule has 1 aromatic rings. The van der Waals surface area contributed by atoms with Gasteiger partial charge in [-0.1, -0.05) is 18.3 Å². The second-order valence-electron chi connectivity index (χ2n) is 4.99. The minimum Gasteiger partial charge on any atom is -0.477 e. The molecule has 6 heteroatoms. The van der Waals surface area contributed by atoms with Gasteiger partial charge in [0.15, 0.2) is 5.13 Å². The lowest BCUT2D eigenvalue weighted by Crippen LogP contribution is -2.43. The third-order valence-corrected chi connectivity index (χ3v) is 5.07. The molecule has 0 aliphatic carbocycles. The van der Waals surface area contributed by atoms with Crippen LogP contribution in [0.5, 0.6) is 0 Å². The number of aromatic nitrogens is 1. The van der Waals surface area contributed by atoms with Gasteiger partial charge in [0.05, 0.1) is 5.69 Å². The smallest absolute Gasteiger partial charge is 0.347 e.